The second-order valence-corrected chi connectivity index (χ2v) is 4.83. The molecule has 0 aliphatic rings. The van der Waals surface area contributed by atoms with Crippen LogP contribution in [0.1, 0.15) is 33.1 Å². The number of allylic oxidation sites excluding steroid dienone is 1. The number of halogens is 1. The third-order valence-electron chi connectivity index (χ3n) is 2.56. The summed E-state index contributed by atoms with van der Waals surface area (Å²) in [6, 6.07) is -0.775. The van der Waals surface area contributed by atoms with Gasteiger partial charge in [0, 0.05) is 12.3 Å². The maximum Gasteiger partial charge on any atom is 0.332 e. The van der Waals surface area contributed by atoms with Crippen molar-refractivity contribution in [1.29, 1.82) is 0 Å². The van der Waals surface area contributed by atoms with E-state index in [9.17, 15) is 14.4 Å². The van der Waals surface area contributed by atoms with Crippen molar-refractivity contribution in [2.24, 2.45) is 0 Å². The zero-order chi connectivity index (χ0) is 16.1. The Balaban J connectivity index is 4.39. The summed E-state index contributed by atoms with van der Waals surface area (Å²) in [7, 11) is 0. The van der Waals surface area contributed by atoms with Crippen molar-refractivity contribution in [2.75, 3.05) is 18.5 Å². The average Bonchev–Trinajstić information content (AvgIpc) is 2.44. The molecule has 0 bridgehead atoms. The van der Waals surface area contributed by atoms with Crippen LogP contribution in [0.15, 0.2) is 11.6 Å². The quantitative estimate of drug-likeness (QED) is 0.199. The van der Waals surface area contributed by atoms with Crippen LogP contribution in [0.3, 0.4) is 0 Å². The van der Waals surface area contributed by atoms with Crippen LogP contribution in [0.25, 0.3) is 0 Å². The number of hydrogen-bond donors (Lipinski definition) is 1. The van der Waals surface area contributed by atoms with E-state index in [1.807, 2.05) is 0 Å². The highest BCUT2D eigenvalue weighted by Gasteiger charge is 2.16. The first-order valence-electron chi connectivity index (χ1n) is 6.80. The lowest BCUT2D eigenvalue weighted by Crippen LogP contribution is -2.36. The zero-order valence-corrected chi connectivity index (χ0v) is 14.0. The molecule has 6 nitrogen and oxygen atoms in total. The molecule has 1 unspecified atom stereocenters. The normalized spacial score (nSPS) is 12.4. The molecule has 1 atom stereocenters. The number of unbranched alkanes of at least 4 members (excludes halogenated alkanes) is 1. The predicted octanol–water partition coefficient (Wildman–Crippen LogP) is 1.72. The summed E-state index contributed by atoms with van der Waals surface area (Å²) >= 11 is 3.35. The highest BCUT2D eigenvalue weighted by molar-refractivity contribution is 9.09. The average molecular weight is 364 g/mol. The van der Waals surface area contributed by atoms with Crippen LogP contribution in [-0.4, -0.2) is 42.9 Å². The summed E-state index contributed by atoms with van der Waals surface area (Å²) < 4.78 is 9.74. The minimum Gasteiger partial charge on any atom is -0.466 e. The largest absolute Gasteiger partial charge is 0.466 e. The van der Waals surface area contributed by atoms with E-state index >= 15 is 0 Å². The van der Waals surface area contributed by atoms with Crippen LogP contribution in [0.5, 0.6) is 0 Å². The molecule has 1 amide bonds. The van der Waals surface area contributed by atoms with E-state index in [0.717, 1.165) is 24.8 Å². The van der Waals surface area contributed by atoms with Crippen LogP contribution >= 0.6 is 15.9 Å². The Kier molecular flexibility index (Phi) is 11.6. The number of carbonyl (C=O) groups excluding carboxylic acids is 3. The number of esters is 2. The molecule has 0 aliphatic heterocycles. The van der Waals surface area contributed by atoms with Crippen molar-refractivity contribution in [2.45, 2.75) is 39.2 Å². The molecule has 7 heteroatoms. The number of rotatable bonds is 11. The second kappa shape index (κ2) is 12.4. The van der Waals surface area contributed by atoms with Gasteiger partial charge in [0.05, 0.1) is 13.2 Å². The molecule has 0 aromatic carbocycles. The molecule has 0 heterocycles. The number of alkyl halides is 1. The van der Waals surface area contributed by atoms with Gasteiger partial charge < -0.3 is 14.8 Å². The van der Waals surface area contributed by atoms with Gasteiger partial charge in [0.1, 0.15) is 6.04 Å². The Morgan fingerprint density at radius 1 is 1.29 bits per heavy atom. The monoisotopic (exact) mass is 363 g/mol. The van der Waals surface area contributed by atoms with Gasteiger partial charge in [-0.1, -0.05) is 27.6 Å². The number of amides is 1. The van der Waals surface area contributed by atoms with E-state index in [1.54, 1.807) is 13.0 Å². The Hall–Kier alpha value is -1.37. The highest BCUT2D eigenvalue weighted by atomic mass is 79.9. The van der Waals surface area contributed by atoms with Crippen LogP contribution in [-0.2, 0) is 23.9 Å². The van der Waals surface area contributed by atoms with Crippen LogP contribution in [0.2, 0.25) is 0 Å². The molecule has 21 heavy (non-hydrogen) atoms. The topological polar surface area (TPSA) is 81.7 Å². The lowest BCUT2D eigenvalue weighted by Gasteiger charge is -2.13. The van der Waals surface area contributed by atoms with Crippen molar-refractivity contribution in [1.82, 2.24) is 5.32 Å². The summed E-state index contributed by atoms with van der Waals surface area (Å²) in [5.41, 5.74) is 0.977. The van der Waals surface area contributed by atoms with E-state index in [1.165, 1.54) is 6.92 Å². The van der Waals surface area contributed by atoms with Gasteiger partial charge in [0.2, 0.25) is 6.41 Å². The number of carbonyl (C=O) groups is 3. The summed E-state index contributed by atoms with van der Waals surface area (Å²) in [4.78, 5) is 32.8. The lowest BCUT2D eigenvalue weighted by molar-refractivity contribution is -0.145. The van der Waals surface area contributed by atoms with Crippen molar-refractivity contribution < 1.29 is 23.9 Å². The van der Waals surface area contributed by atoms with E-state index in [-0.39, 0.29) is 12.6 Å². The first-order valence-corrected chi connectivity index (χ1v) is 7.92. The van der Waals surface area contributed by atoms with Gasteiger partial charge in [-0.3, -0.25) is 9.59 Å². The van der Waals surface area contributed by atoms with Crippen LogP contribution < -0.4 is 5.32 Å². The maximum atomic E-state index is 11.7. The third kappa shape index (κ3) is 10.1. The van der Waals surface area contributed by atoms with Crippen molar-refractivity contribution >= 4 is 34.3 Å². The predicted molar refractivity (Wildman–Crippen MR) is 82.0 cm³/mol. The van der Waals surface area contributed by atoms with Crippen LogP contribution in [0, 0.1) is 0 Å². The summed E-state index contributed by atoms with van der Waals surface area (Å²) in [5, 5.41) is 3.02. The fourth-order valence-corrected chi connectivity index (χ4v) is 2.06. The first kappa shape index (κ1) is 19.6. The molecule has 120 valence electrons. The van der Waals surface area contributed by atoms with Gasteiger partial charge in [0.25, 0.3) is 0 Å². The molecular formula is C14H22BrNO5. The third-order valence-corrected chi connectivity index (χ3v) is 3.28. The van der Waals surface area contributed by atoms with E-state index in [4.69, 9.17) is 9.47 Å². The molecule has 0 aliphatic carbocycles. The lowest BCUT2D eigenvalue weighted by atomic mass is 10.1. The van der Waals surface area contributed by atoms with Crippen molar-refractivity contribution in [3.05, 3.63) is 11.6 Å². The number of nitrogens with one attached hydrogen (secondary N) is 1. The summed E-state index contributed by atoms with van der Waals surface area (Å²) in [5.74, 6) is -0.772. The smallest absolute Gasteiger partial charge is 0.332 e. The van der Waals surface area contributed by atoms with Gasteiger partial charge in [-0.15, -0.1) is 0 Å². The maximum absolute atomic E-state index is 11.7. The summed E-state index contributed by atoms with van der Waals surface area (Å²) in [6.07, 6.45) is 4.47. The Morgan fingerprint density at radius 3 is 2.52 bits per heavy atom. The minimum atomic E-state index is -0.775. The van der Waals surface area contributed by atoms with Crippen molar-refractivity contribution in [3.63, 3.8) is 0 Å². The molecule has 0 spiro atoms. The number of hydrogen-bond acceptors (Lipinski definition) is 5. The number of ether oxygens (including phenoxy) is 2. The van der Waals surface area contributed by atoms with Crippen molar-refractivity contribution in [3.8, 4) is 0 Å². The van der Waals surface area contributed by atoms with E-state index < -0.39 is 12.0 Å². The molecule has 1 N–H and O–H groups in total. The molecule has 0 saturated carbocycles. The summed E-state index contributed by atoms with van der Waals surface area (Å²) in [6.45, 7) is 3.73. The Morgan fingerprint density at radius 2 is 2.00 bits per heavy atom. The van der Waals surface area contributed by atoms with Gasteiger partial charge in [-0.2, -0.15) is 0 Å². The van der Waals surface area contributed by atoms with Gasteiger partial charge >= 0.3 is 11.9 Å². The molecular weight excluding hydrogens is 342 g/mol. The molecule has 0 fully saturated rings. The van der Waals surface area contributed by atoms with Gasteiger partial charge in [-0.05, 0) is 26.2 Å². The molecule has 0 radical (unpaired) electrons. The highest BCUT2D eigenvalue weighted by Crippen LogP contribution is 2.12. The minimum absolute atomic E-state index is 0.260. The Bertz CT molecular complexity index is 370. The molecule has 0 saturated heterocycles. The first-order chi connectivity index (χ1) is 10.0. The standard InChI is InChI=1S/C14H22BrNO5/c1-3-20-14(19)13(16-10-17)8-12(9-15)6-4-5-7-21-11(2)18/h8,10,13H,3-7,9H2,1-2H3,(H,16,17)/b12-8-. The molecule has 0 aromatic heterocycles. The van der Waals surface area contributed by atoms with Gasteiger partial charge in [-0.25, -0.2) is 4.79 Å². The Labute approximate surface area is 133 Å². The SMILES string of the molecule is CCOC(=O)C(/C=C(\CBr)CCCCOC(C)=O)NC=O. The fourth-order valence-electron chi connectivity index (χ4n) is 1.59. The second-order valence-electron chi connectivity index (χ2n) is 4.27. The van der Waals surface area contributed by atoms with Crippen LogP contribution in [0.4, 0.5) is 0 Å². The zero-order valence-electron chi connectivity index (χ0n) is 12.4. The molecule has 0 aromatic rings. The van der Waals surface area contributed by atoms with E-state index in [2.05, 4.69) is 21.2 Å². The van der Waals surface area contributed by atoms with E-state index in [0.29, 0.717) is 18.3 Å². The fraction of sp³-hybridized carbons (Fsp3) is 0.643. The molecule has 0 rings (SSSR count). The van der Waals surface area contributed by atoms with Gasteiger partial charge in [0.15, 0.2) is 0 Å².